The molecule has 0 aliphatic carbocycles. The molecule has 8 atom stereocenters. The van der Waals surface area contributed by atoms with Gasteiger partial charge >= 0.3 is 77.8 Å². The predicted octanol–water partition coefficient (Wildman–Crippen LogP) is -1.05. The minimum absolute atomic E-state index is 0. The van der Waals surface area contributed by atoms with Gasteiger partial charge in [-0.2, -0.15) is 8.42 Å². The maximum Gasteiger partial charge on any atom is 2.00 e. The molecule has 0 saturated carbocycles. The van der Waals surface area contributed by atoms with E-state index in [2.05, 4.69) is 59.2 Å². The third kappa shape index (κ3) is 18.7. The number of Topliss-reactive ketones (excluding diaryl/α,β-unsaturated/α-hetero) is 1. The standard InChI is InChI=1S/C62H79N15O14S.K.Pd/c1-7-36-30(2)40-27-45-51(34(6)78)32(4)42(70-45)25-41-31(3)37(54(72-41)53-55-52(33(5)43(73-55)26-44(36)69-40)60(87)77(61(53)88)68-21-14-22-92(89,90)91)24-48(79)65-19-12-11-17-39-57(84)74-38(18-13-20-66-62(63)64)56(83)67-29-49(80)71-47(28-50(81)82)59(86)76-46(58(85)75-39)23-35-15-9-8-10-16-35;;/h8-10,15-16,25-27,30-31,36-39,46-47,68-69,73H,7,11-14,17-24,28-29H2,1-6H3,(H,65,79)(H,67,83)(H,71,80)(H,74,84)(H,75,85)(H,76,86)(H,81,82)(H4,63,64,66)(H,89,90,91);;/q;+1;+2/t30-,31+,36-,37+,38+,39+,46-,47+;;/m1../s1. The molecule has 5 aliphatic rings. The zero-order chi connectivity index (χ0) is 66.9. The average molecular weight is 1440 g/mol. The van der Waals surface area contributed by atoms with Crippen molar-refractivity contribution in [2.75, 3.05) is 31.9 Å². The number of carbonyl (C=O) groups is 10. The summed E-state index contributed by atoms with van der Waals surface area (Å²) in [4.78, 5) is 160. The molecule has 29 nitrogen and oxygen atoms in total. The zero-order valence-electron chi connectivity index (χ0n) is 53.3. The van der Waals surface area contributed by atoms with E-state index in [4.69, 9.17) is 21.4 Å². The molecule has 500 valence electrons. The van der Waals surface area contributed by atoms with Crippen LogP contribution in [0.1, 0.15) is 182 Å². The molecule has 1 aromatic carbocycles. The quantitative estimate of drug-likeness (QED) is 0.0142. The molecule has 94 heavy (non-hydrogen) atoms. The number of hydrogen-bond acceptors (Lipinski definition) is 16. The van der Waals surface area contributed by atoms with Crippen molar-refractivity contribution in [1.82, 2.24) is 62.3 Å². The van der Waals surface area contributed by atoms with Gasteiger partial charge in [0.15, 0.2) is 11.7 Å². The van der Waals surface area contributed by atoms with Gasteiger partial charge in [-0.3, -0.25) is 62.5 Å². The summed E-state index contributed by atoms with van der Waals surface area (Å²) in [6.07, 6.45) is -0.337. The van der Waals surface area contributed by atoms with Gasteiger partial charge < -0.3 is 58.4 Å². The van der Waals surface area contributed by atoms with E-state index in [-0.39, 0.29) is 189 Å². The first-order valence-corrected chi connectivity index (χ1v) is 32.2. The molecule has 0 radical (unpaired) electrons. The second-order valence-electron chi connectivity index (χ2n) is 23.6. The Labute approximate surface area is 599 Å². The normalized spacial score (nSPS) is 21.4. The summed E-state index contributed by atoms with van der Waals surface area (Å²) in [6.45, 7) is 10.0. The van der Waals surface area contributed by atoms with Crippen LogP contribution in [0.15, 0.2) is 53.5 Å². The first-order chi connectivity index (χ1) is 43.6. The number of imide groups is 1. The van der Waals surface area contributed by atoms with Crippen LogP contribution in [0.3, 0.4) is 0 Å². The SMILES string of the molecule is CC[C@H]1c2cc3[nH]c4c(c5nc(cc6nc(cc([nH]2)[C@@H]1C)C(C(C)=O)=C6C)[C@@H](C)[C@@H]5CC(=O)NCCCC[C@@H]1NC(=O)[C@@H](Cc2ccccc2)NC(=O)[C@H](CC(=O)O)NC(=O)CNC(=O)[C@H](CCCN=C(N)N)NC1=O)C(=O)N(NCCCS(=O)(=O)O)C(=O)c4c3C.[K+].[Pd+2]. The second-order valence-corrected chi connectivity index (χ2v) is 25.2. The van der Waals surface area contributed by atoms with Crippen LogP contribution >= 0.6 is 0 Å². The number of carbonyl (C=O) groups excluding carboxylic acids is 9. The topological polar surface area (TPSA) is 455 Å². The minimum atomic E-state index is -4.40. The Bertz CT molecular complexity index is 3850. The number of benzene rings is 1. The van der Waals surface area contributed by atoms with Gasteiger partial charge in [0, 0.05) is 84.3 Å². The number of aromatic nitrogens is 4. The maximum absolute atomic E-state index is 15.1. The molecule has 3 aromatic rings. The van der Waals surface area contributed by atoms with Crippen molar-refractivity contribution in [1.29, 1.82) is 0 Å². The number of H-pyrrole nitrogens is 2. The smallest absolute Gasteiger partial charge is 0.481 e. The van der Waals surface area contributed by atoms with E-state index in [1.807, 2.05) is 26.0 Å². The van der Waals surface area contributed by atoms with Crippen molar-refractivity contribution in [3.8, 4) is 0 Å². The number of aromatic amines is 2. The first kappa shape index (κ1) is 75.9. The van der Waals surface area contributed by atoms with Gasteiger partial charge in [-0.15, -0.1) is 0 Å². The van der Waals surface area contributed by atoms with E-state index in [9.17, 15) is 61.2 Å². The van der Waals surface area contributed by atoms with E-state index < -0.39 is 118 Å². The van der Waals surface area contributed by atoms with E-state index in [0.717, 1.165) is 16.4 Å². The third-order valence-corrected chi connectivity index (χ3v) is 17.9. The summed E-state index contributed by atoms with van der Waals surface area (Å²) in [5.74, 6) is -10.6. The Hall–Kier alpha value is -7.12. The number of nitrogens with zero attached hydrogens (tertiary/aromatic N) is 4. The number of aliphatic carboxylic acids is 1. The number of ketones is 1. The summed E-state index contributed by atoms with van der Waals surface area (Å²) in [5.41, 5.74) is 19.6. The monoisotopic (exact) mass is 1430 g/mol. The predicted molar refractivity (Wildman–Crippen MR) is 337 cm³/mol. The molecule has 1 saturated heterocycles. The van der Waals surface area contributed by atoms with Gasteiger partial charge in [0.25, 0.3) is 21.9 Å². The van der Waals surface area contributed by atoms with Crippen LogP contribution < -0.4 is 100 Å². The molecule has 8 rings (SSSR count). The Balaban J connectivity index is 0.00000700. The fourth-order valence-electron chi connectivity index (χ4n) is 12.2. The van der Waals surface area contributed by atoms with Crippen molar-refractivity contribution >= 4 is 97.3 Å². The van der Waals surface area contributed by atoms with E-state index in [1.54, 1.807) is 50.2 Å². The molecular formula is C62H79KN15O14PdS+3. The molecule has 8 bridgehead atoms. The molecule has 2 aromatic heterocycles. The largest absolute Gasteiger partial charge is 2.00 e. The number of aliphatic imine (C=N–C) groups is 1. The third-order valence-electron chi connectivity index (χ3n) is 17.1. The number of unbranched alkanes of at least 4 members (excludes halogenated alkanes) is 1. The maximum atomic E-state index is 15.1. The van der Waals surface area contributed by atoms with Crippen LogP contribution in [0.25, 0.3) is 22.2 Å². The van der Waals surface area contributed by atoms with Crippen molar-refractivity contribution in [2.24, 2.45) is 16.5 Å². The summed E-state index contributed by atoms with van der Waals surface area (Å²) in [7, 11) is -4.40. The number of carboxylic acid groups (broad SMARTS) is 1. The van der Waals surface area contributed by atoms with E-state index in [1.165, 1.54) is 6.92 Å². The number of fused-ring (bicyclic) bond motifs is 8. The van der Waals surface area contributed by atoms with Crippen LogP contribution in [-0.4, -0.2) is 164 Å². The second kappa shape index (κ2) is 33.5. The van der Waals surface area contributed by atoms with Gasteiger partial charge in [0.2, 0.25) is 35.4 Å². The van der Waals surface area contributed by atoms with Crippen LogP contribution in [0.5, 0.6) is 0 Å². The molecule has 5 aliphatic heterocycles. The van der Waals surface area contributed by atoms with Crippen molar-refractivity contribution in [3.05, 3.63) is 105 Å². The number of nitrogens with two attached hydrogens (primary N) is 2. The number of guanidine groups is 1. The fraction of sp³-hybridized carbons (Fsp3) is 0.468. The van der Waals surface area contributed by atoms with Crippen molar-refractivity contribution in [3.63, 3.8) is 0 Å². The summed E-state index contributed by atoms with van der Waals surface area (Å²) in [5, 5.41) is 26.1. The summed E-state index contributed by atoms with van der Waals surface area (Å²) in [6, 6.07) is 8.20. The Morgan fingerprint density at radius 2 is 1.39 bits per heavy atom. The average Bonchev–Trinajstić information content (AvgIpc) is 1.54. The molecule has 0 unspecified atom stereocenters. The molecule has 8 amide bonds. The molecular weight excluding hydrogens is 1360 g/mol. The van der Waals surface area contributed by atoms with Gasteiger partial charge in [0.05, 0.1) is 52.4 Å². The molecule has 1 fully saturated rings. The number of carboxylic acids is 1. The van der Waals surface area contributed by atoms with Crippen molar-refractivity contribution < 1.29 is 138 Å². The van der Waals surface area contributed by atoms with Crippen molar-refractivity contribution in [2.45, 2.75) is 154 Å². The molecule has 32 heteroatoms. The Kier molecular flexibility index (Phi) is 27.1. The Morgan fingerprint density at radius 3 is 2.05 bits per heavy atom. The number of amides is 8. The number of rotatable bonds is 22. The van der Waals surface area contributed by atoms with Gasteiger partial charge in [-0.1, -0.05) is 51.1 Å². The van der Waals surface area contributed by atoms with Crippen LogP contribution in [0.2, 0.25) is 0 Å². The van der Waals surface area contributed by atoms with Gasteiger partial charge in [-0.25, -0.2) is 15.4 Å². The molecule has 15 N–H and O–H groups in total. The van der Waals surface area contributed by atoms with Crippen LogP contribution in [0.4, 0.5) is 0 Å². The fourth-order valence-corrected chi connectivity index (χ4v) is 12.7. The number of aryl methyl sites for hydroxylation is 1. The van der Waals surface area contributed by atoms with E-state index >= 15 is 4.79 Å². The first-order valence-electron chi connectivity index (χ1n) is 30.6. The summed E-state index contributed by atoms with van der Waals surface area (Å²) < 4.78 is 32.9. The van der Waals surface area contributed by atoms with Gasteiger partial charge in [-0.05, 0) is 101 Å². The zero-order valence-corrected chi connectivity index (χ0v) is 58.8. The van der Waals surface area contributed by atoms with Crippen LogP contribution in [-0.2, 0) is 75.3 Å². The van der Waals surface area contributed by atoms with E-state index in [0.29, 0.717) is 51.3 Å². The summed E-state index contributed by atoms with van der Waals surface area (Å²) >= 11 is 0. The number of hydrogen-bond donors (Lipinski definition) is 13. The minimum Gasteiger partial charge on any atom is -0.481 e. The Morgan fingerprint density at radius 1 is 0.745 bits per heavy atom. The number of hydrazine groups is 1. The molecule has 7 heterocycles. The van der Waals surface area contributed by atoms with Crippen LogP contribution in [0, 0.1) is 6.92 Å². The number of allylic oxidation sites excluding steroid dienone is 2. The van der Waals surface area contributed by atoms with Gasteiger partial charge in [0.1, 0.15) is 24.2 Å². The number of nitrogens with one attached hydrogen (secondary N) is 9. The molecule has 0 spiro atoms.